The highest BCUT2D eigenvalue weighted by Crippen LogP contribution is 2.41. The molecule has 2 N–H and O–H groups in total. The molecule has 2 saturated heterocycles. The van der Waals surface area contributed by atoms with Crippen LogP contribution in [0.2, 0.25) is 0 Å². The van der Waals surface area contributed by atoms with Crippen LogP contribution in [0, 0.1) is 11.8 Å². The molecule has 2 fully saturated rings. The summed E-state index contributed by atoms with van der Waals surface area (Å²) in [4.78, 5) is 16.4. The van der Waals surface area contributed by atoms with Crippen LogP contribution in [0.3, 0.4) is 0 Å². The highest BCUT2D eigenvalue weighted by molar-refractivity contribution is 7.97. The lowest BCUT2D eigenvalue weighted by Crippen LogP contribution is -2.42. The van der Waals surface area contributed by atoms with E-state index >= 15 is 0 Å². The van der Waals surface area contributed by atoms with Crippen LogP contribution in [0.4, 0.5) is 5.69 Å². The summed E-state index contributed by atoms with van der Waals surface area (Å²) in [5.74, 6) is 0.0540. The molecule has 7 nitrogen and oxygen atoms in total. The Morgan fingerprint density at radius 1 is 1.11 bits per heavy atom. The van der Waals surface area contributed by atoms with Crippen molar-refractivity contribution in [3.05, 3.63) is 81.6 Å². The number of hydrogen-bond acceptors (Lipinski definition) is 6. The van der Waals surface area contributed by atoms with E-state index in [4.69, 9.17) is 0 Å². The van der Waals surface area contributed by atoms with Gasteiger partial charge in [-0.25, -0.2) is 12.7 Å². The van der Waals surface area contributed by atoms with E-state index in [1.54, 1.807) is 15.6 Å². The molecule has 2 aliphatic heterocycles. The fraction of sp³-hybridized carbons (Fsp3) is 0.360. The Balaban J connectivity index is 1.21. The predicted octanol–water partition coefficient (Wildman–Crippen LogP) is 5.12. The van der Waals surface area contributed by atoms with E-state index in [1.165, 1.54) is 28.0 Å². The summed E-state index contributed by atoms with van der Waals surface area (Å²) >= 11 is 3.18. The second-order valence-corrected chi connectivity index (χ2v) is 12.9. The molecule has 0 bridgehead atoms. The van der Waals surface area contributed by atoms with Crippen molar-refractivity contribution in [1.82, 2.24) is 9.14 Å². The van der Waals surface area contributed by atoms with E-state index in [0.29, 0.717) is 19.6 Å². The monoisotopic (exact) mass is 529 g/mol. The molecule has 5 rings (SSSR count). The predicted molar refractivity (Wildman–Crippen MR) is 144 cm³/mol. The first-order valence-corrected chi connectivity index (χ1v) is 15.1. The number of anilines is 1. The lowest BCUT2D eigenvalue weighted by molar-refractivity contribution is -0.574. The van der Waals surface area contributed by atoms with Gasteiger partial charge in [0.15, 0.2) is 0 Å². The second-order valence-electron chi connectivity index (χ2n) is 9.04. The third-order valence-electron chi connectivity index (χ3n) is 6.59. The van der Waals surface area contributed by atoms with Gasteiger partial charge in [-0.15, -0.1) is 11.3 Å². The van der Waals surface area contributed by atoms with Crippen LogP contribution < -0.4 is 10.1 Å². The van der Waals surface area contributed by atoms with E-state index < -0.39 is 10.0 Å². The van der Waals surface area contributed by atoms with Crippen molar-refractivity contribution in [3.63, 3.8) is 0 Å². The lowest BCUT2D eigenvalue weighted by Gasteiger charge is -2.32. The van der Waals surface area contributed by atoms with Gasteiger partial charge in [-0.3, -0.25) is 0 Å². The lowest BCUT2D eigenvalue weighted by atomic mass is 10.0. The molecule has 35 heavy (non-hydrogen) atoms. The van der Waals surface area contributed by atoms with Gasteiger partial charge in [0.05, 0.1) is 10.7 Å². The van der Waals surface area contributed by atoms with Crippen LogP contribution in [-0.2, 0) is 15.8 Å². The Morgan fingerprint density at radius 3 is 2.60 bits per heavy atom. The van der Waals surface area contributed by atoms with Crippen molar-refractivity contribution >= 4 is 39.0 Å². The molecule has 0 spiro atoms. The minimum Gasteiger partial charge on any atom is -0.382 e. The van der Waals surface area contributed by atoms with Crippen molar-refractivity contribution < 1.29 is 13.3 Å². The van der Waals surface area contributed by atoms with E-state index in [1.807, 2.05) is 30.3 Å². The number of sulfonamides is 1. The fourth-order valence-corrected chi connectivity index (χ4v) is 8.38. The summed E-state index contributed by atoms with van der Waals surface area (Å²) in [7, 11) is -3.31. The van der Waals surface area contributed by atoms with Crippen molar-refractivity contribution in [3.8, 4) is 10.4 Å². The first kappa shape index (κ1) is 24.3. The topological polar surface area (TPSA) is 81.5 Å². The zero-order chi connectivity index (χ0) is 24.4. The number of piperidine rings is 1. The van der Waals surface area contributed by atoms with E-state index in [9.17, 15) is 13.3 Å². The highest BCUT2D eigenvalue weighted by atomic mass is 32.2. The van der Waals surface area contributed by atoms with Crippen LogP contribution in [0.25, 0.3) is 10.4 Å². The Morgan fingerprint density at radius 2 is 1.89 bits per heavy atom. The summed E-state index contributed by atoms with van der Waals surface area (Å²) < 4.78 is 27.3. The van der Waals surface area contributed by atoms with Gasteiger partial charge in [0.2, 0.25) is 16.6 Å². The normalized spacial score (nSPS) is 19.6. The minimum absolute atomic E-state index is 0.0540. The third kappa shape index (κ3) is 5.55. The van der Waals surface area contributed by atoms with Crippen molar-refractivity contribution in [1.29, 1.82) is 0 Å². The molecule has 2 aromatic carbocycles. The average molecular weight is 530 g/mol. The molecule has 0 saturated carbocycles. The van der Waals surface area contributed by atoms with Gasteiger partial charge >= 0.3 is 0 Å². The Hall–Kier alpha value is -2.40. The molecule has 1 atom stereocenters. The number of nitrogens with one attached hydrogen (secondary N) is 2. The largest absolute Gasteiger partial charge is 0.382 e. The number of nitroso groups, excluding NO2 is 1. The van der Waals surface area contributed by atoms with E-state index in [0.717, 1.165) is 34.5 Å². The van der Waals surface area contributed by atoms with Gasteiger partial charge in [-0.05, 0) is 59.5 Å². The van der Waals surface area contributed by atoms with Crippen molar-refractivity contribution in [2.75, 3.05) is 25.0 Å². The van der Waals surface area contributed by atoms with Crippen LogP contribution >= 0.6 is 23.3 Å². The summed E-state index contributed by atoms with van der Waals surface area (Å²) in [6, 6.07) is 18.0. The number of thiophene rings is 1. The van der Waals surface area contributed by atoms with Gasteiger partial charge in [0.25, 0.3) is 0 Å². The number of rotatable bonds is 7. The van der Waals surface area contributed by atoms with Crippen LogP contribution in [0.15, 0.2) is 60.0 Å². The Labute approximate surface area is 214 Å². The molecular weight excluding hydrogens is 501 g/mol. The molecular formula is C25H29N4O3S3+. The fourth-order valence-electron chi connectivity index (χ4n) is 4.68. The molecule has 3 heterocycles. The molecule has 10 heteroatoms. The number of benzene rings is 2. The molecule has 1 unspecified atom stereocenters. The Bertz CT molecular complexity index is 1300. The SMILES string of the molecule is Cc1c(C2C[N+](=O)NS2)csc1-c1cccc(NC2CCN(S(=O)(=O)Cc3ccccc3)CC2)c1. The summed E-state index contributed by atoms with van der Waals surface area (Å²) in [5.41, 5.74) is 5.46. The number of hydrazine groups is 1. The first-order valence-electron chi connectivity index (χ1n) is 11.7. The van der Waals surface area contributed by atoms with Gasteiger partial charge in [0.1, 0.15) is 10.1 Å². The minimum atomic E-state index is -3.31. The summed E-state index contributed by atoms with van der Waals surface area (Å²) in [5, 5.41) is 5.92. The highest BCUT2D eigenvalue weighted by Gasteiger charge is 2.33. The zero-order valence-electron chi connectivity index (χ0n) is 19.5. The molecule has 0 aliphatic carbocycles. The molecule has 1 aromatic heterocycles. The average Bonchev–Trinajstić information content (AvgIpc) is 3.45. The molecule has 0 radical (unpaired) electrons. The summed E-state index contributed by atoms with van der Waals surface area (Å²) in [6.07, 6.45) is 1.55. The third-order valence-corrected chi connectivity index (χ3v) is 10.6. The zero-order valence-corrected chi connectivity index (χ0v) is 22.0. The second kappa shape index (κ2) is 10.3. The van der Waals surface area contributed by atoms with Crippen molar-refractivity contribution in [2.24, 2.45) is 0 Å². The van der Waals surface area contributed by atoms with Crippen LogP contribution in [0.5, 0.6) is 0 Å². The van der Waals surface area contributed by atoms with Crippen molar-refractivity contribution in [2.45, 2.75) is 36.8 Å². The number of hydrogen-bond donors (Lipinski definition) is 2. The molecule has 0 amide bonds. The van der Waals surface area contributed by atoms with E-state index in [-0.39, 0.29) is 17.0 Å². The van der Waals surface area contributed by atoms with Gasteiger partial charge < -0.3 is 5.32 Å². The van der Waals surface area contributed by atoms with Crippen LogP contribution in [0.1, 0.15) is 34.8 Å². The smallest absolute Gasteiger partial charge is 0.243 e. The maximum Gasteiger partial charge on any atom is 0.243 e. The molecule has 3 aromatic rings. The maximum absolute atomic E-state index is 12.8. The van der Waals surface area contributed by atoms with Gasteiger partial charge in [-0.2, -0.15) is 0 Å². The summed E-state index contributed by atoms with van der Waals surface area (Å²) in [6.45, 7) is 3.64. The first-order chi connectivity index (χ1) is 16.9. The Kier molecular flexibility index (Phi) is 7.15. The van der Waals surface area contributed by atoms with Gasteiger partial charge in [0, 0.05) is 41.6 Å². The van der Waals surface area contributed by atoms with Gasteiger partial charge in [-0.1, -0.05) is 47.3 Å². The quantitative estimate of drug-likeness (QED) is 0.327. The molecule has 2 aliphatic rings. The van der Waals surface area contributed by atoms with E-state index in [2.05, 4.69) is 46.7 Å². The maximum atomic E-state index is 12.8. The number of nitrogens with zero attached hydrogens (tertiary/aromatic N) is 2. The standard InChI is InChI=1S/C25H29N4O3S3/c1-18-23(24-15-29(30)27-34-24)16-33-25(18)20-8-5-9-22(14-20)26-21-10-12-28(13-11-21)35(31,32)17-19-6-3-2-4-7-19/h2-9,14,16,21,24,26H,10-13,15,17H2,1H3,(H,27,30)/q+1. The molecule has 184 valence electrons. The van der Waals surface area contributed by atoms with Crippen LogP contribution in [-0.4, -0.2) is 43.3 Å².